The van der Waals surface area contributed by atoms with E-state index in [1.54, 1.807) is 65.7 Å². The van der Waals surface area contributed by atoms with Crippen molar-refractivity contribution in [1.82, 2.24) is 18.8 Å². The van der Waals surface area contributed by atoms with Crippen molar-refractivity contribution in [1.29, 1.82) is 0 Å². The van der Waals surface area contributed by atoms with Crippen LogP contribution in [0.25, 0.3) is 6.08 Å². The molecule has 1 aliphatic carbocycles. The monoisotopic (exact) mass is 628 g/mol. The number of rotatable bonds is 8. The van der Waals surface area contributed by atoms with E-state index in [9.17, 15) is 28.3 Å². The van der Waals surface area contributed by atoms with E-state index in [0.29, 0.717) is 24.2 Å². The predicted octanol–water partition coefficient (Wildman–Crippen LogP) is 4.09. The molecule has 0 unspecified atom stereocenters. The number of allylic oxidation sites excluding steroid dienone is 2. The summed E-state index contributed by atoms with van der Waals surface area (Å²) in [6.07, 6.45) is 9.11. The van der Waals surface area contributed by atoms with Crippen molar-refractivity contribution in [3.8, 4) is 5.75 Å². The van der Waals surface area contributed by atoms with Crippen LogP contribution >= 0.6 is 0 Å². The summed E-state index contributed by atoms with van der Waals surface area (Å²) in [6, 6.07) is 14.1. The van der Waals surface area contributed by atoms with Gasteiger partial charge in [0.2, 0.25) is 11.8 Å². The zero-order valence-corrected chi connectivity index (χ0v) is 25.8. The molecule has 0 bridgehead atoms. The Kier molecular flexibility index (Phi) is 8.15. The van der Waals surface area contributed by atoms with Gasteiger partial charge in [-0.3, -0.25) is 14.8 Å². The number of amides is 2. The number of phenolic OH excluding ortho intramolecular Hbond substituents is 1. The van der Waals surface area contributed by atoms with Crippen molar-refractivity contribution < 1.29 is 28.3 Å². The van der Waals surface area contributed by atoms with Crippen LogP contribution in [0.3, 0.4) is 0 Å². The number of phenols is 1. The molecule has 2 N–H and O–H groups in total. The summed E-state index contributed by atoms with van der Waals surface area (Å²) in [5.74, 6) is -0.606. The number of carbonyl (C=O) groups excluding carboxylic acids is 2. The van der Waals surface area contributed by atoms with Crippen molar-refractivity contribution >= 4 is 27.9 Å². The Hall–Kier alpha value is -4.61. The topological polar surface area (TPSA) is 123 Å². The summed E-state index contributed by atoms with van der Waals surface area (Å²) in [5.41, 5.74) is 3.63. The largest absolute Gasteiger partial charge is 0.508 e. The molecule has 0 radical (unpaired) electrons. The van der Waals surface area contributed by atoms with Gasteiger partial charge in [0, 0.05) is 36.5 Å². The van der Waals surface area contributed by atoms with E-state index >= 15 is 0 Å². The average molecular weight is 629 g/mol. The van der Waals surface area contributed by atoms with Gasteiger partial charge in [0.05, 0.1) is 17.9 Å². The lowest BCUT2D eigenvalue weighted by atomic mass is 9.92. The third kappa shape index (κ3) is 5.81. The highest BCUT2D eigenvalue weighted by Crippen LogP contribution is 2.33. The van der Waals surface area contributed by atoms with Crippen LogP contribution in [0.4, 0.5) is 0 Å². The maximum absolute atomic E-state index is 14.1. The second-order valence-electron chi connectivity index (χ2n) is 11.8. The third-order valence-corrected chi connectivity index (χ3v) is 10.5. The van der Waals surface area contributed by atoms with Crippen LogP contribution in [0.2, 0.25) is 0 Å². The van der Waals surface area contributed by atoms with E-state index in [4.69, 9.17) is 0 Å². The fourth-order valence-electron chi connectivity index (χ4n) is 6.39. The lowest BCUT2D eigenvalue weighted by molar-refractivity contribution is -0.204. The molecule has 10 nitrogen and oxygen atoms in total. The summed E-state index contributed by atoms with van der Waals surface area (Å²) in [7, 11) is -3.82. The molecule has 1 aromatic heterocycles. The number of piperazine rings is 1. The molecule has 6 rings (SSSR count). The highest BCUT2D eigenvalue weighted by atomic mass is 32.2. The highest BCUT2D eigenvalue weighted by Gasteiger charge is 2.49. The first kappa shape index (κ1) is 30.4. The molecule has 0 spiro atoms. The number of fused-ring (bicyclic) bond motifs is 2. The van der Waals surface area contributed by atoms with Crippen molar-refractivity contribution in [2.24, 2.45) is 5.92 Å². The molecule has 2 fully saturated rings. The van der Waals surface area contributed by atoms with E-state index in [1.165, 1.54) is 21.0 Å². The minimum Gasteiger partial charge on any atom is -0.508 e. The summed E-state index contributed by atoms with van der Waals surface area (Å²) in [4.78, 5) is 30.9. The van der Waals surface area contributed by atoms with Gasteiger partial charge in [0.1, 0.15) is 18.0 Å². The Morgan fingerprint density at radius 3 is 2.49 bits per heavy atom. The predicted molar refractivity (Wildman–Crippen MR) is 168 cm³/mol. The van der Waals surface area contributed by atoms with Gasteiger partial charge in [-0.15, -0.1) is 6.58 Å². The number of hydrogen-bond acceptors (Lipinski definition) is 7. The lowest BCUT2D eigenvalue weighted by Gasteiger charge is -2.52. The zero-order chi connectivity index (χ0) is 31.9. The number of nitrogens with zero attached hydrogens (tertiary/aromatic N) is 4. The van der Waals surface area contributed by atoms with Crippen molar-refractivity contribution in [3.63, 3.8) is 0 Å². The third-order valence-electron chi connectivity index (χ3n) is 8.74. The molecule has 2 aromatic carbocycles. The van der Waals surface area contributed by atoms with Gasteiger partial charge in [-0.2, -0.15) is 0 Å². The van der Waals surface area contributed by atoms with E-state index in [1.807, 2.05) is 19.1 Å². The quantitative estimate of drug-likeness (QED) is 0.361. The van der Waals surface area contributed by atoms with Crippen molar-refractivity contribution in [2.45, 2.75) is 49.7 Å². The first-order chi connectivity index (χ1) is 21.6. The Morgan fingerprint density at radius 2 is 1.78 bits per heavy atom. The minimum absolute atomic E-state index is 0.0409. The van der Waals surface area contributed by atoms with E-state index in [-0.39, 0.29) is 54.3 Å². The molecule has 0 saturated carbocycles. The number of carbonyl (C=O) groups is 2. The minimum atomic E-state index is -3.82. The van der Waals surface area contributed by atoms with Crippen LogP contribution in [0.1, 0.15) is 35.2 Å². The first-order valence-electron chi connectivity index (χ1n) is 14.9. The molecule has 2 saturated heterocycles. The summed E-state index contributed by atoms with van der Waals surface area (Å²) >= 11 is 0. The van der Waals surface area contributed by atoms with Crippen molar-refractivity contribution in [2.75, 3.05) is 13.1 Å². The second-order valence-corrected chi connectivity index (χ2v) is 13.6. The molecule has 3 aliphatic rings. The van der Waals surface area contributed by atoms with Gasteiger partial charge in [0.15, 0.2) is 0 Å². The number of hydrogen-bond donors (Lipinski definition) is 2. The number of aryl methyl sites for hydroxylation is 1. The first-order valence-corrected chi connectivity index (χ1v) is 16.4. The molecular weight excluding hydrogens is 592 g/mol. The van der Waals surface area contributed by atoms with E-state index in [2.05, 4.69) is 6.58 Å². The molecule has 11 heteroatoms. The number of aromatic hydroxyl groups is 1. The standard InChI is InChI=1S/C34H36N4O6S/c1-3-4-5-27-20-33(40)37-31(18-24-9-12-28(39)13-10-24)34(41)35(22-32(37)38(27)42)21-25-8-11-26-16-17-36(30(26)19-25)45(43,44)29-14-6-23(2)7-15-29/h3,5-17,25,31-32,39,42H,1,4,18-22H2,2H3/b27-5+/t25-,31-,32-/m0/s1. The Morgan fingerprint density at radius 1 is 1.04 bits per heavy atom. The smallest absolute Gasteiger partial charge is 0.267 e. The van der Waals surface area contributed by atoms with Crippen LogP contribution in [-0.2, 0) is 32.5 Å². The van der Waals surface area contributed by atoms with Gasteiger partial charge in [-0.05, 0) is 61.2 Å². The maximum Gasteiger partial charge on any atom is 0.267 e. The van der Waals surface area contributed by atoms with E-state index in [0.717, 1.165) is 21.8 Å². The normalized spacial score (nSPS) is 22.5. The SMILES string of the molecule is C=CC/C=C1\CC(=O)N2[C@H](CN(C[C@H]3C=Cc4ccn(S(=O)(=O)c5ccc(C)cc5)c4C3)C(=O)[C@@H]2Cc2ccc(O)cc2)N1O. The van der Waals surface area contributed by atoms with Crippen LogP contribution in [0.5, 0.6) is 5.75 Å². The number of aromatic nitrogens is 1. The molecule has 2 amide bonds. The summed E-state index contributed by atoms with van der Waals surface area (Å²) in [6.45, 7) is 5.97. The van der Waals surface area contributed by atoms with Gasteiger partial charge in [-0.25, -0.2) is 17.5 Å². The molecule has 3 aromatic rings. The summed E-state index contributed by atoms with van der Waals surface area (Å²) < 4.78 is 28.5. The molecule has 3 atom stereocenters. The van der Waals surface area contributed by atoms with Gasteiger partial charge >= 0.3 is 0 Å². The fraction of sp³-hybridized carbons (Fsp3) is 0.294. The number of hydroxylamine groups is 2. The number of benzene rings is 2. The van der Waals surface area contributed by atoms with Gasteiger partial charge in [0.25, 0.3) is 10.0 Å². The van der Waals surface area contributed by atoms with Crippen LogP contribution in [0, 0.1) is 12.8 Å². The van der Waals surface area contributed by atoms with Gasteiger partial charge in [-0.1, -0.05) is 54.1 Å². The lowest BCUT2D eigenvalue weighted by Crippen LogP contribution is -2.70. The maximum atomic E-state index is 14.1. The highest BCUT2D eigenvalue weighted by molar-refractivity contribution is 7.90. The molecule has 234 valence electrons. The molecular formula is C34H36N4O6S. The van der Waals surface area contributed by atoms with Crippen molar-refractivity contribution in [3.05, 3.63) is 114 Å². The van der Waals surface area contributed by atoms with E-state index < -0.39 is 22.2 Å². The fourth-order valence-corrected chi connectivity index (χ4v) is 7.79. The summed E-state index contributed by atoms with van der Waals surface area (Å²) in [5, 5.41) is 22.1. The van der Waals surface area contributed by atoms with Gasteiger partial charge < -0.3 is 14.9 Å². The Bertz CT molecular complexity index is 1790. The second kappa shape index (κ2) is 12.1. The molecule has 45 heavy (non-hydrogen) atoms. The average Bonchev–Trinajstić information content (AvgIpc) is 3.45. The Balaban J connectivity index is 1.28. The van der Waals surface area contributed by atoms with Crippen LogP contribution in [-0.4, -0.2) is 74.7 Å². The molecule has 2 aliphatic heterocycles. The zero-order valence-electron chi connectivity index (χ0n) is 25.0. The molecule has 3 heterocycles. The van der Waals surface area contributed by atoms with Crippen LogP contribution in [0.15, 0.2) is 96.2 Å². The van der Waals surface area contributed by atoms with Crippen LogP contribution < -0.4 is 0 Å². The Labute approximate surface area is 262 Å².